The van der Waals surface area contributed by atoms with Gasteiger partial charge in [0.2, 0.25) is 5.91 Å². The summed E-state index contributed by atoms with van der Waals surface area (Å²) >= 11 is 0. The van der Waals surface area contributed by atoms with Gasteiger partial charge in [0.15, 0.2) is 0 Å². The molecule has 2 aliphatic carbocycles. The number of nitrogens with one attached hydrogen (secondary N) is 1. The minimum atomic E-state index is -3.03. The highest BCUT2D eigenvalue weighted by atomic mass is 32.2. The molecule has 0 radical (unpaired) electrons. The molecule has 2 aliphatic rings. The molecule has 3 rings (SSSR count). The lowest BCUT2D eigenvalue weighted by atomic mass is 10.0. The van der Waals surface area contributed by atoms with Crippen LogP contribution in [0.15, 0.2) is 24.3 Å². The Morgan fingerprint density at radius 2 is 1.91 bits per heavy atom. The van der Waals surface area contributed by atoms with Gasteiger partial charge in [0, 0.05) is 12.7 Å². The molecule has 1 aromatic rings. The summed E-state index contributed by atoms with van der Waals surface area (Å²) in [6.45, 7) is 2.18. The Labute approximate surface area is 132 Å². The van der Waals surface area contributed by atoms with Crippen LogP contribution in [0.3, 0.4) is 0 Å². The van der Waals surface area contributed by atoms with E-state index in [0.717, 1.165) is 19.3 Å². The second kappa shape index (κ2) is 5.37. The van der Waals surface area contributed by atoms with Crippen LogP contribution in [-0.2, 0) is 14.6 Å². The Morgan fingerprint density at radius 3 is 2.50 bits per heavy atom. The molecule has 0 aliphatic heterocycles. The maximum Gasteiger partial charge on any atom is 0.221 e. The summed E-state index contributed by atoms with van der Waals surface area (Å²) < 4.78 is 23.0. The average molecular weight is 321 g/mol. The van der Waals surface area contributed by atoms with Gasteiger partial charge in [-0.2, -0.15) is 0 Å². The third-order valence-electron chi connectivity index (χ3n) is 4.89. The summed E-state index contributed by atoms with van der Waals surface area (Å²) in [4.78, 5) is 12.4. The zero-order chi connectivity index (χ0) is 16.0. The molecule has 2 atom stereocenters. The van der Waals surface area contributed by atoms with Crippen molar-refractivity contribution in [3.8, 4) is 0 Å². The summed E-state index contributed by atoms with van der Waals surface area (Å²) in [6, 6.07) is 8.30. The van der Waals surface area contributed by atoms with Crippen LogP contribution < -0.4 is 5.32 Å². The lowest BCUT2D eigenvalue weighted by Crippen LogP contribution is -2.31. The Kier molecular flexibility index (Phi) is 3.79. The van der Waals surface area contributed by atoms with Crippen molar-refractivity contribution >= 4 is 15.7 Å². The molecule has 0 unspecified atom stereocenters. The van der Waals surface area contributed by atoms with Crippen molar-refractivity contribution in [2.75, 3.05) is 12.0 Å². The molecule has 22 heavy (non-hydrogen) atoms. The predicted octanol–water partition coefficient (Wildman–Crippen LogP) is 2.57. The van der Waals surface area contributed by atoms with E-state index in [1.165, 1.54) is 17.4 Å². The van der Waals surface area contributed by atoms with Crippen molar-refractivity contribution in [1.82, 2.24) is 5.32 Å². The lowest BCUT2D eigenvalue weighted by Gasteiger charge is -2.18. The smallest absolute Gasteiger partial charge is 0.221 e. The van der Waals surface area contributed by atoms with E-state index in [1.807, 2.05) is 12.1 Å². The molecule has 1 aromatic carbocycles. The number of sulfone groups is 1. The number of benzene rings is 1. The van der Waals surface area contributed by atoms with Crippen LogP contribution in [0.4, 0.5) is 0 Å². The molecule has 0 heterocycles. The zero-order valence-electron chi connectivity index (χ0n) is 13.1. The van der Waals surface area contributed by atoms with Gasteiger partial charge in [-0.25, -0.2) is 8.42 Å². The van der Waals surface area contributed by atoms with Gasteiger partial charge in [-0.1, -0.05) is 31.2 Å². The third kappa shape index (κ3) is 3.35. The number of carbonyl (C=O) groups is 1. The molecule has 5 heteroatoms. The molecule has 0 saturated heterocycles. The summed E-state index contributed by atoms with van der Waals surface area (Å²) in [5.41, 5.74) is 2.21. The minimum Gasteiger partial charge on any atom is -0.349 e. The maximum absolute atomic E-state index is 12.4. The number of hydrogen-bond acceptors (Lipinski definition) is 3. The molecule has 1 amide bonds. The van der Waals surface area contributed by atoms with E-state index >= 15 is 0 Å². The quantitative estimate of drug-likeness (QED) is 0.906. The number of amides is 1. The summed E-state index contributed by atoms with van der Waals surface area (Å²) in [5.74, 6) is 0.563. The van der Waals surface area contributed by atoms with Crippen molar-refractivity contribution in [3.05, 3.63) is 35.4 Å². The normalized spacial score (nSPS) is 25.5. The first kappa shape index (κ1) is 15.5. The van der Waals surface area contributed by atoms with Crippen LogP contribution in [0.1, 0.15) is 55.7 Å². The number of hydrogen-bond donors (Lipinski definition) is 1. The Hall–Kier alpha value is -1.36. The molecule has 1 saturated carbocycles. The van der Waals surface area contributed by atoms with Crippen molar-refractivity contribution < 1.29 is 13.2 Å². The van der Waals surface area contributed by atoms with Gasteiger partial charge < -0.3 is 5.32 Å². The van der Waals surface area contributed by atoms with Crippen molar-refractivity contribution in [3.63, 3.8) is 0 Å². The van der Waals surface area contributed by atoms with E-state index in [4.69, 9.17) is 0 Å². The van der Waals surface area contributed by atoms with E-state index in [9.17, 15) is 13.2 Å². The summed E-state index contributed by atoms with van der Waals surface area (Å²) in [6.07, 6.45) is 4.17. The van der Waals surface area contributed by atoms with Crippen molar-refractivity contribution in [1.29, 1.82) is 0 Å². The highest BCUT2D eigenvalue weighted by Gasteiger charge is 2.47. The van der Waals surface area contributed by atoms with Gasteiger partial charge in [0.05, 0.1) is 11.8 Å². The minimum absolute atomic E-state index is 0.0185. The second-order valence-corrected chi connectivity index (χ2v) is 9.27. The van der Waals surface area contributed by atoms with Gasteiger partial charge in [-0.3, -0.25) is 4.79 Å². The lowest BCUT2D eigenvalue weighted by molar-refractivity contribution is -0.122. The average Bonchev–Trinajstić information content (AvgIpc) is 3.06. The first-order valence-corrected chi connectivity index (χ1v) is 9.90. The van der Waals surface area contributed by atoms with E-state index in [0.29, 0.717) is 12.3 Å². The van der Waals surface area contributed by atoms with Crippen LogP contribution in [-0.4, -0.2) is 26.3 Å². The van der Waals surface area contributed by atoms with Gasteiger partial charge in [-0.05, 0) is 41.7 Å². The molecule has 0 aromatic heterocycles. The Bertz CT molecular complexity index is 692. The topological polar surface area (TPSA) is 63.2 Å². The van der Waals surface area contributed by atoms with Gasteiger partial charge in [0.1, 0.15) is 9.84 Å². The van der Waals surface area contributed by atoms with Gasteiger partial charge in [0.25, 0.3) is 0 Å². The first-order valence-electron chi connectivity index (χ1n) is 7.84. The van der Waals surface area contributed by atoms with E-state index in [1.54, 1.807) is 0 Å². The van der Waals surface area contributed by atoms with Crippen LogP contribution in [0.2, 0.25) is 0 Å². The highest BCUT2D eigenvalue weighted by Crippen LogP contribution is 2.50. The number of carbonyl (C=O) groups excluding carboxylic acids is 1. The maximum atomic E-state index is 12.4. The first-order chi connectivity index (χ1) is 10.3. The molecular formula is C17H23NO3S. The van der Waals surface area contributed by atoms with Crippen LogP contribution in [0.5, 0.6) is 0 Å². The van der Waals surface area contributed by atoms with E-state index < -0.39 is 9.84 Å². The molecular weight excluding hydrogens is 298 g/mol. The second-order valence-electron chi connectivity index (χ2n) is 7.13. The van der Waals surface area contributed by atoms with Crippen LogP contribution >= 0.6 is 0 Å². The Morgan fingerprint density at radius 1 is 1.27 bits per heavy atom. The van der Waals surface area contributed by atoms with Crippen LogP contribution in [0.25, 0.3) is 0 Å². The SMILES string of the molecule is C[C@@H]1C[C@@H](NC(=O)CC2(CS(C)(=O)=O)CC2)c2ccccc21. The van der Waals surface area contributed by atoms with Crippen LogP contribution in [0, 0.1) is 5.41 Å². The van der Waals surface area contributed by atoms with Gasteiger partial charge >= 0.3 is 0 Å². The monoisotopic (exact) mass is 321 g/mol. The standard InChI is InChI=1S/C17H23NO3S/c1-12-9-15(14-6-4-3-5-13(12)14)18-16(19)10-17(7-8-17)11-22(2,20)21/h3-6,12,15H,7-11H2,1-2H3,(H,18,19)/t12-,15-/m1/s1. The summed E-state index contributed by atoms with van der Waals surface area (Å²) in [5, 5.41) is 3.11. The summed E-state index contributed by atoms with van der Waals surface area (Å²) in [7, 11) is -3.03. The Balaban J connectivity index is 1.64. The molecule has 0 bridgehead atoms. The molecule has 120 valence electrons. The van der Waals surface area contributed by atoms with E-state index in [2.05, 4.69) is 24.4 Å². The number of rotatable bonds is 5. The van der Waals surface area contributed by atoms with Crippen molar-refractivity contribution in [2.45, 2.75) is 44.6 Å². The van der Waals surface area contributed by atoms with Gasteiger partial charge in [-0.15, -0.1) is 0 Å². The molecule has 1 N–H and O–H groups in total. The molecule has 4 nitrogen and oxygen atoms in total. The predicted molar refractivity (Wildman–Crippen MR) is 86.4 cm³/mol. The molecule has 1 fully saturated rings. The largest absolute Gasteiger partial charge is 0.349 e. The zero-order valence-corrected chi connectivity index (χ0v) is 13.9. The van der Waals surface area contributed by atoms with E-state index in [-0.39, 0.29) is 23.1 Å². The number of fused-ring (bicyclic) bond motifs is 1. The third-order valence-corrected chi connectivity index (χ3v) is 6.02. The fourth-order valence-corrected chi connectivity index (χ4v) is 5.22. The highest BCUT2D eigenvalue weighted by molar-refractivity contribution is 7.90. The fourth-order valence-electron chi connectivity index (χ4n) is 3.71. The van der Waals surface area contributed by atoms with Crippen molar-refractivity contribution in [2.24, 2.45) is 5.41 Å². The fraction of sp³-hybridized carbons (Fsp3) is 0.588. The molecule has 0 spiro atoms.